The first-order chi connectivity index (χ1) is 7.58. The summed E-state index contributed by atoms with van der Waals surface area (Å²) in [6.45, 7) is 1.42. The molecule has 1 rings (SSSR count). The molecule has 0 spiro atoms. The predicted molar refractivity (Wildman–Crippen MR) is 64.6 cm³/mol. The van der Waals surface area contributed by atoms with Crippen LogP contribution in [0, 0.1) is 0 Å². The van der Waals surface area contributed by atoms with Gasteiger partial charge in [0.1, 0.15) is 0 Å². The molecule has 86 valence electrons. The fraction of sp³-hybridized carbons (Fsp3) is 0.200. The minimum absolute atomic E-state index is 0.0991. The largest absolute Gasteiger partial charge is 0.376 e. The summed E-state index contributed by atoms with van der Waals surface area (Å²) in [7, 11) is 0. The molecule has 0 aliphatic heterocycles. The number of carbonyl (C=O) groups is 2. The summed E-state index contributed by atoms with van der Waals surface area (Å²) < 4.78 is 0.973. The monoisotopic (exact) mass is 285 g/mol. The molecular weight excluding hydrogens is 274 g/mol. The van der Waals surface area contributed by atoms with Gasteiger partial charge in [0.2, 0.25) is 5.91 Å². The highest BCUT2D eigenvalue weighted by Crippen LogP contribution is 2.13. The van der Waals surface area contributed by atoms with Gasteiger partial charge in [0.05, 0.1) is 6.54 Å². The van der Waals surface area contributed by atoms with Crippen LogP contribution in [0.15, 0.2) is 28.7 Å². The van der Waals surface area contributed by atoms with Crippen LogP contribution < -0.4 is 16.2 Å². The van der Waals surface area contributed by atoms with E-state index in [1.807, 2.05) is 24.3 Å². The second-order valence-corrected chi connectivity index (χ2v) is 4.01. The lowest BCUT2D eigenvalue weighted by Gasteiger charge is -2.07. The van der Waals surface area contributed by atoms with Crippen molar-refractivity contribution in [1.82, 2.24) is 10.9 Å². The maximum atomic E-state index is 11.2. The summed E-state index contributed by atoms with van der Waals surface area (Å²) in [6, 6.07) is 7.42. The molecule has 0 aliphatic carbocycles. The number of carbonyl (C=O) groups excluding carboxylic acids is 2. The van der Waals surface area contributed by atoms with Gasteiger partial charge in [-0.15, -0.1) is 0 Å². The molecule has 5 nitrogen and oxygen atoms in total. The van der Waals surface area contributed by atoms with Gasteiger partial charge in [0, 0.05) is 17.1 Å². The molecule has 0 bridgehead atoms. The van der Waals surface area contributed by atoms with Crippen LogP contribution >= 0.6 is 15.9 Å². The smallest absolute Gasteiger partial charge is 0.257 e. The van der Waals surface area contributed by atoms with Gasteiger partial charge in [0.25, 0.3) is 5.91 Å². The molecule has 0 atom stereocenters. The number of hydrogen-bond acceptors (Lipinski definition) is 3. The van der Waals surface area contributed by atoms with Gasteiger partial charge in [-0.1, -0.05) is 15.9 Å². The van der Waals surface area contributed by atoms with E-state index in [4.69, 9.17) is 0 Å². The third-order valence-corrected chi connectivity index (χ3v) is 2.20. The minimum atomic E-state index is -0.308. The fourth-order valence-corrected chi connectivity index (χ4v) is 1.22. The number of halogens is 1. The number of rotatable bonds is 3. The van der Waals surface area contributed by atoms with Crippen molar-refractivity contribution in [1.29, 1.82) is 0 Å². The van der Waals surface area contributed by atoms with E-state index in [2.05, 4.69) is 32.1 Å². The highest BCUT2D eigenvalue weighted by molar-refractivity contribution is 9.10. The number of benzene rings is 1. The number of hydrogen-bond donors (Lipinski definition) is 3. The maximum Gasteiger partial charge on any atom is 0.257 e. The Morgan fingerprint density at radius 1 is 1.19 bits per heavy atom. The molecule has 1 aromatic carbocycles. The first-order valence-corrected chi connectivity index (χ1v) is 5.42. The van der Waals surface area contributed by atoms with E-state index in [-0.39, 0.29) is 18.4 Å². The molecule has 0 fully saturated rings. The zero-order chi connectivity index (χ0) is 12.0. The van der Waals surface area contributed by atoms with Crippen molar-refractivity contribution in [2.45, 2.75) is 6.92 Å². The van der Waals surface area contributed by atoms with Crippen LogP contribution in [0.5, 0.6) is 0 Å². The highest BCUT2D eigenvalue weighted by Gasteiger charge is 2.00. The van der Waals surface area contributed by atoms with E-state index < -0.39 is 0 Å². The van der Waals surface area contributed by atoms with Crippen LogP contribution in [0.2, 0.25) is 0 Å². The third kappa shape index (κ3) is 4.79. The molecule has 0 saturated carbocycles. The Labute approximate surface area is 102 Å². The number of amides is 2. The van der Waals surface area contributed by atoms with E-state index in [0.29, 0.717) is 0 Å². The normalized spacial score (nSPS) is 9.38. The van der Waals surface area contributed by atoms with Gasteiger partial charge in [-0.25, -0.2) is 0 Å². The van der Waals surface area contributed by atoms with Gasteiger partial charge < -0.3 is 5.32 Å². The van der Waals surface area contributed by atoms with Gasteiger partial charge in [-0.3, -0.25) is 20.4 Å². The van der Waals surface area contributed by atoms with E-state index >= 15 is 0 Å². The molecule has 0 aromatic heterocycles. The lowest BCUT2D eigenvalue weighted by atomic mass is 10.3. The van der Waals surface area contributed by atoms with Crippen molar-refractivity contribution in [3.05, 3.63) is 28.7 Å². The molecule has 1 aromatic rings. The predicted octanol–water partition coefficient (Wildman–Crippen LogP) is 1.03. The fourth-order valence-electron chi connectivity index (χ4n) is 0.952. The molecule has 0 heterocycles. The van der Waals surface area contributed by atoms with Gasteiger partial charge in [-0.05, 0) is 24.3 Å². The Balaban J connectivity index is 2.31. The summed E-state index contributed by atoms with van der Waals surface area (Å²) in [5.41, 5.74) is 5.29. The van der Waals surface area contributed by atoms with Crippen molar-refractivity contribution in [2.24, 2.45) is 0 Å². The quantitative estimate of drug-likeness (QED) is 0.727. The van der Waals surface area contributed by atoms with Crippen LogP contribution in [-0.2, 0) is 9.59 Å². The van der Waals surface area contributed by atoms with Crippen molar-refractivity contribution in [2.75, 3.05) is 11.9 Å². The third-order valence-electron chi connectivity index (χ3n) is 1.68. The van der Waals surface area contributed by atoms with Crippen LogP contribution in [-0.4, -0.2) is 18.4 Å². The summed E-state index contributed by atoms with van der Waals surface area (Å²) in [4.78, 5) is 21.7. The van der Waals surface area contributed by atoms with Gasteiger partial charge in [0.15, 0.2) is 0 Å². The summed E-state index contributed by atoms with van der Waals surface area (Å²) in [6.07, 6.45) is 0. The van der Waals surface area contributed by atoms with Gasteiger partial charge in [-0.2, -0.15) is 0 Å². The second kappa shape index (κ2) is 6.12. The summed E-state index contributed by atoms with van der Waals surface area (Å²) >= 11 is 3.31. The van der Waals surface area contributed by atoms with Crippen molar-refractivity contribution in [3.63, 3.8) is 0 Å². The topological polar surface area (TPSA) is 70.2 Å². The lowest BCUT2D eigenvalue weighted by Crippen LogP contribution is -2.43. The van der Waals surface area contributed by atoms with E-state index in [1.54, 1.807) is 0 Å². The van der Waals surface area contributed by atoms with E-state index in [0.717, 1.165) is 10.2 Å². The van der Waals surface area contributed by atoms with Gasteiger partial charge >= 0.3 is 0 Å². The molecule has 0 aliphatic rings. The van der Waals surface area contributed by atoms with Crippen LogP contribution in [0.1, 0.15) is 6.92 Å². The summed E-state index contributed by atoms with van der Waals surface area (Å²) in [5.74, 6) is -0.616. The van der Waals surface area contributed by atoms with Crippen LogP contribution in [0.3, 0.4) is 0 Å². The summed E-state index contributed by atoms with van der Waals surface area (Å²) in [5, 5.41) is 2.91. The number of hydrazine groups is 1. The van der Waals surface area contributed by atoms with Crippen molar-refractivity contribution in [3.8, 4) is 0 Å². The molecule has 0 saturated heterocycles. The maximum absolute atomic E-state index is 11.2. The molecule has 0 radical (unpaired) electrons. The SMILES string of the molecule is CC(=O)NNC(=O)CNc1ccc(Br)cc1. The van der Waals surface area contributed by atoms with Crippen LogP contribution in [0.4, 0.5) is 5.69 Å². The standard InChI is InChI=1S/C10H12BrN3O2/c1-7(15)13-14-10(16)6-12-9-4-2-8(11)3-5-9/h2-5,12H,6H2,1H3,(H,13,15)(H,14,16). The van der Waals surface area contributed by atoms with Crippen LogP contribution in [0.25, 0.3) is 0 Å². The first-order valence-electron chi connectivity index (χ1n) is 4.63. The average molecular weight is 286 g/mol. The number of nitrogens with one attached hydrogen (secondary N) is 3. The molecule has 3 N–H and O–H groups in total. The minimum Gasteiger partial charge on any atom is -0.376 e. The Kier molecular flexibility index (Phi) is 4.78. The molecule has 16 heavy (non-hydrogen) atoms. The van der Waals surface area contributed by atoms with Crippen molar-refractivity contribution < 1.29 is 9.59 Å². The Morgan fingerprint density at radius 2 is 1.81 bits per heavy atom. The van der Waals surface area contributed by atoms with E-state index in [1.165, 1.54) is 6.92 Å². The van der Waals surface area contributed by atoms with Crippen molar-refractivity contribution >= 4 is 33.4 Å². The zero-order valence-corrected chi connectivity index (χ0v) is 10.3. The zero-order valence-electron chi connectivity index (χ0n) is 8.71. The second-order valence-electron chi connectivity index (χ2n) is 3.09. The number of anilines is 1. The average Bonchev–Trinajstić information content (AvgIpc) is 2.25. The Bertz CT molecular complexity index is 378. The Hall–Kier alpha value is -1.56. The van der Waals surface area contributed by atoms with E-state index in [9.17, 15) is 9.59 Å². The first kappa shape index (κ1) is 12.5. The highest BCUT2D eigenvalue weighted by atomic mass is 79.9. The molecule has 6 heteroatoms. The molecular formula is C10H12BrN3O2. The molecule has 2 amide bonds. The lowest BCUT2D eigenvalue weighted by molar-refractivity contribution is -0.126. The molecule has 0 unspecified atom stereocenters. The Morgan fingerprint density at radius 3 is 2.38 bits per heavy atom.